The molecule has 4 aliphatic carbocycles. The van der Waals surface area contributed by atoms with E-state index in [1.165, 1.54) is 38.5 Å². The van der Waals surface area contributed by atoms with E-state index in [1.807, 2.05) is 0 Å². The van der Waals surface area contributed by atoms with E-state index in [0.717, 1.165) is 36.2 Å². The molecule has 2 N–H and O–H groups in total. The summed E-state index contributed by atoms with van der Waals surface area (Å²) in [6.45, 7) is 11.9. The van der Waals surface area contributed by atoms with Crippen molar-refractivity contribution in [3.05, 3.63) is 11.6 Å². The third kappa shape index (κ3) is 3.71. The molecule has 0 aromatic rings. The number of hydrogen-bond acceptors (Lipinski definition) is 4. The minimum Gasteiger partial charge on any atom is -0.411 e. The molecule has 8 atom stereocenters. The zero-order valence-corrected chi connectivity index (χ0v) is 20.2. The SMILES string of the molecule is CC(C)CCC[C@@H](C)[C@H]1CC[C@H]2[C@@H]3C/C(=N\O)C4=CC(=O)[C@@H](O)C[C@]4(C)[C@H]3CC[C@]12C. The van der Waals surface area contributed by atoms with Gasteiger partial charge in [0.1, 0.15) is 6.10 Å². The van der Waals surface area contributed by atoms with Crippen molar-refractivity contribution < 1.29 is 15.1 Å². The van der Waals surface area contributed by atoms with Gasteiger partial charge in [-0.05, 0) is 91.1 Å². The van der Waals surface area contributed by atoms with Gasteiger partial charge in [0.15, 0.2) is 5.78 Å². The van der Waals surface area contributed by atoms with Gasteiger partial charge in [0.2, 0.25) is 0 Å². The minimum atomic E-state index is -0.918. The number of fused-ring (bicyclic) bond motifs is 5. The fourth-order valence-electron chi connectivity index (χ4n) is 8.60. The van der Waals surface area contributed by atoms with Crippen molar-refractivity contribution in [1.29, 1.82) is 0 Å². The topological polar surface area (TPSA) is 69.9 Å². The number of aliphatic hydroxyl groups is 1. The Bertz CT molecular complexity index is 770. The maximum absolute atomic E-state index is 12.2. The van der Waals surface area contributed by atoms with Gasteiger partial charge in [0, 0.05) is 5.41 Å². The Morgan fingerprint density at radius 1 is 1.13 bits per heavy atom. The van der Waals surface area contributed by atoms with Crippen molar-refractivity contribution in [2.75, 3.05) is 0 Å². The Hall–Kier alpha value is -1.16. The molecule has 0 spiro atoms. The van der Waals surface area contributed by atoms with Gasteiger partial charge in [0.25, 0.3) is 0 Å². The van der Waals surface area contributed by atoms with Crippen LogP contribution in [0.25, 0.3) is 0 Å². The highest BCUT2D eigenvalue weighted by atomic mass is 16.4. The summed E-state index contributed by atoms with van der Waals surface area (Å²) >= 11 is 0. The number of nitrogens with zero attached hydrogens (tertiary/aromatic N) is 1. The first-order valence-electron chi connectivity index (χ1n) is 12.8. The number of hydrogen-bond donors (Lipinski definition) is 2. The number of aliphatic hydroxyl groups excluding tert-OH is 1. The maximum Gasteiger partial charge on any atom is 0.184 e. The monoisotopic (exact) mass is 429 g/mol. The first-order chi connectivity index (χ1) is 14.6. The molecule has 3 saturated carbocycles. The molecule has 0 aromatic carbocycles. The molecule has 3 fully saturated rings. The molecule has 0 bridgehead atoms. The summed E-state index contributed by atoms with van der Waals surface area (Å²) in [5, 5.41) is 23.9. The normalized spacial score (nSPS) is 44.6. The van der Waals surface area contributed by atoms with Crippen LogP contribution in [-0.2, 0) is 4.79 Å². The molecule has 4 heteroatoms. The van der Waals surface area contributed by atoms with Crippen molar-refractivity contribution in [1.82, 2.24) is 0 Å². The van der Waals surface area contributed by atoms with Gasteiger partial charge in [0.05, 0.1) is 5.71 Å². The number of rotatable bonds is 5. The van der Waals surface area contributed by atoms with Crippen LogP contribution in [0, 0.1) is 46.3 Å². The Morgan fingerprint density at radius 3 is 2.55 bits per heavy atom. The third-order valence-electron chi connectivity index (χ3n) is 10.2. The molecule has 0 saturated heterocycles. The molecule has 0 aromatic heterocycles. The average Bonchev–Trinajstić information content (AvgIpc) is 3.06. The average molecular weight is 430 g/mol. The van der Waals surface area contributed by atoms with E-state index in [9.17, 15) is 15.1 Å². The van der Waals surface area contributed by atoms with Crippen LogP contribution in [0.1, 0.15) is 92.4 Å². The van der Waals surface area contributed by atoms with Crippen molar-refractivity contribution in [2.24, 2.45) is 51.5 Å². The summed E-state index contributed by atoms with van der Waals surface area (Å²) in [6, 6.07) is 0. The van der Waals surface area contributed by atoms with Crippen molar-refractivity contribution in [3.8, 4) is 0 Å². The fourth-order valence-corrected chi connectivity index (χ4v) is 8.60. The van der Waals surface area contributed by atoms with Gasteiger partial charge in [-0.15, -0.1) is 0 Å². The van der Waals surface area contributed by atoms with Gasteiger partial charge in [-0.25, -0.2) is 0 Å². The molecule has 4 rings (SSSR count). The highest BCUT2D eigenvalue weighted by Crippen LogP contribution is 2.67. The molecule has 4 nitrogen and oxygen atoms in total. The number of carbonyl (C=O) groups is 1. The molecule has 0 amide bonds. The molecule has 0 heterocycles. The van der Waals surface area contributed by atoms with Crippen LogP contribution in [0.3, 0.4) is 0 Å². The lowest BCUT2D eigenvalue weighted by Gasteiger charge is -2.58. The predicted molar refractivity (Wildman–Crippen MR) is 124 cm³/mol. The molecular formula is C27H43NO3. The van der Waals surface area contributed by atoms with E-state index in [-0.39, 0.29) is 11.2 Å². The zero-order chi connectivity index (χ0) is 22.6. The highest BCUT2D eigenvalue weighted by molar-refractivity contribution is 6.09. The standard InChI is InChI=1S/C27H43NO3/c1-16(2)7-6-8-17(3)19-9-10-20-18-13-23(28-31)22-14-24(29)25(30)15-27(22,5)21(18)11-12-26(19,20)4/h14,16-21,25,30-31H,6-13,15H2,1-5H3/b28-23+/t17-,18+,19-,20+,21+,25+,26-,27-/m1/s1. The molecule has 31 heavy (non-hydrogen) atoms. The molecule has 0 aliphatic heterocycles. The zero-order valence-electron chi connectivity index (χ0n) is 20.2. The molecule has 174 valence electrons. The highest BCUT2D eigenvalue weighted by Gasteiger charge is 2.61. The second-order valence-electron chi connectivity index (χ2n) is 12.3. The Kier molecular flexibility index (Phi) is 6.17. The van der Waals surface area contributed by atoms with Crippen molar-refractivity contribution >= 4 is 11.5 Å². The molecular weight excluding hydrogens is 386 g/mol. The second-order valence-corrected chi connectivity index (χ2v) is 12.3. The van der Waals surface area contributed by atoms with Gasteiger partial charge < -0.3 is 10.3 Å². The van der Waals surface area contributed by atoms with Crippen LogP contribution in [-0.4, -0.2) is 27.9 Å². The Labute approximate surface area is 188 Å². The van der Waals surface area contributed by atoms with Crippen molar-refractivity contribution in [3.63, 3.8) is 0 Å². The number of carbonyl (C=O) groups excluding carboxylic acids is 1. The van der Waals surface area contributed by atoms with E-state index >= 15 is 0 Å². The first kappa shape index (κ1) is 23.0. The smallest absolute Gasteiger partial charge is 0.184 e. The quantitative estimate of drug-likeness (QED) is 0.415. The Morgan fingerprint density at radius 2 is 1.87 bits per heavy atom. The van der Waals surface area contributed by atoms with Crippen LogP contribution < -0.4 is 0 Å². The van der Waals surface area contributed by atoms with E-state index in [2.05, 4.69) is 39.8 Å². The molecule has 0 radical (unpaired) electrons. The van der Waals surface area contributed by atoms with E-state index in [0.29, 0.717) is 35.3 Å². The van der Waals surface area contributed by atoms with E-state index in [1.54, 1.807) is 6.08 Å². The van der Waals surface area contributed by atoms with Gasteiger partial charge in [-0.1, -0.05) is 59.0 Å². The summed E-state index contributed by atoms with van der Waals surface area (Å²) in [4.78, 5) is 12.2. The van der Waals surface area contributed by atoms with E-state index < -0.39 is 6.10 Å². The number of oxime groups is 1. The maximum atomic E-state index is 12.2. The lowest BCUT2D eigenvalue weighted by Crippen LogP contribution is -2.54. The largest absolute Gasteiger partial charge is 0.411 e. The predicted octanol–water partition coefficient (Wildman–Crippen LogP) is 6.01. The summed E-state index contributed by atoms with van der Waals surface area (Å²) in [5.41, 5.74) is 1.69. The van der Waals surface area contributed by atoms with Crippen LogP contribution in [0.15, 0.2) is 16.8 Å². The van der Waals surface area contributed by atoms with Crippen molar-refractivity contribution in [2.45, 2.75) is 98.5 Å². The van der Waals surface area contributed by atoms with Crippen LogP contribution >= 0.6 is 0 Å². The van der Waals surface area contributed by atoms with Gasteiger partial charge >= 0.3 is 0 Å². The molecule has 4 aliphatic rings. The van der Waals surface area contributed by atoms with Crippen LogP contribution in [0.5, 0.6) is 0 Å². The number of ketones is 1. The van der Waals surface area contributed by atoms with Crippen LogP contribution in [0.2, 0.25) is 0 Å². The summed E-state index contributed by atoms with van der Waals surface area (Å²) in [6.07, 6.45) is 10.9. The summed E-state index contributed by atoms with van der Waals surface area (Å²) in [7, 11) is 0. The lowest BCUT2D eigenvalue weighted by atomic mass is 9.46. The summed E-state index contributed by atoms with van der Waals surface area (Å²) < 4.78 is 0. The third-order valence-corrected chi connectivity index (χ3v) is 10.2. The first-order valence-corrected chi connectivity index (χ1v) is 12.8. The van der Waals surface area contributed by atoms with E-state index in [4.69, 9.17) is 0 Å². The number of allylic oxidation sites excluding steroid dienone is 1. The lowest BCUT2D eigenvalue weighted by molar-refractivity contribution is -0.127. The van der Waals surface area contributed by atoms with Gasteiger partial charge in [-0.3, -0.25) is 4.79 Å². The minimum absolute atomic E-state index is 0.233. The second kappa shape index (κ2) is 8.32. The molecule has 0 unspecified atom stereocenters. The van der Waals surface area contributed by atoms with Crippen LogP contribution in [0.4, 0.5) is 0 Å². The summed E-state index contributed by atoms with van der Waals surface area (Å²) in [5.74, 6) is 3.69. The fraction of sp³-hybridized carbons (Fsp3) is 0.852. The van der Waals surface area contributed by atoms with Gasteiger partial charge in [-0.2, -0.15) is 0 Å². The Balaban J connectivity index is 1.58.